The van der Waals surface area contributed by atoms with Gasteiger partial charge in [0.25, 0.3) is 0 Å². The quantitative estimate of drug-likeness (QED) is 0.160. The van der Waals surface area contributed by atoms with E-state index in [4.69, 9.17) is 10.2 Å². The van der Waals surface area contributed by atoms with Crippen LogP contribution in [0.1, 0.15) is 104 Å². The van der Waals surface area contributed by atoms with E-state index >= 15 is 0 Å². The van der Waals surface area contributed by atoms with Crippen LogP contribution in [0.2, 0.25) is 0 Å². The zero-order chi connectivity index (χ0) is 19.9. The van der Waals surface area contributed by atoms with Crippen molar-refractivity contribution >= 4 is 11.9 Å². The average Bonchev–Trinajstić information content (AvgIpc) is 2.60. The largest absolute Gasteiger partial charge is 0.481 e. The Morgan fingerprint density at radius 3 is 1.22 bits per heavy atom. The minimum absolute atomic E-state index is 0. The first-order valence-corrected chi connectivity index (χ1v) is 10.3. The van der Waals surface area contributed by atoms with Crippen LogP contribution in [0.25, 0.3) is 0 Å². The molecule has 0 aliphatic heterocycles. The molecule has 0 aliphatic rings. The minimum atomic E-state index is -0.712. The molecule has 0 atom stereocenters. The van der Waals surface area contributed by atoms with Crippen LogP contribution in [0.15, 0.2) is 24.3 Å². The van der Waals surface area contributed by atoms with Gasteiger partial charge in [-0.2, -0.15) is 0 Å². The van der Waals surface area contributed by atoms with E-state index in [0.717, 1.165) is 12.8 Å². The number of carboxylic acid groups (broad SMARTS) is 2. The summed E-state index contributed by atoms with van der Waals surface area (Å²) in [6, 6.07) is 0. The van der Waals surface area contributed by atoms with E-state index in [1.807, 2.05) is 12.2 Å². The van der Waals surface area contributed by atoms with E-state index in [9.17, 15) is 9.59 Å². The van der Waals surface area contributed by atoms with Crippen LogP contribution in [0, 0.1) is 0 Å². The minimum Gasteiger partial charge on any atom is -0.481 e. The Balaban J connectivity index is -0.000000411. The number of unbranched alkanes of at least 4 members (excludes halogenated alkanes) is 8. The maximum absolute atomic E-state index is 10.1. The molecule has 0 unspecified atom stereocenters. The van der Waals surface area contributed by atoms with Gasteiger partial charge in [-0.1, -0.05) is 76.7 Å². The van der Waals surface area contributed by atoms with Crippen LogP contribution >= 0.6 is 0 Å². The second kappa shape index (κ2) is 27.3. The van der Waals surface area contributed by atoms with Gasteiger partial charge >= 0.3 is 11.9 Å². The third-order valence-corrected chi connectivity index (χ3v) is 3.83. The van der Waals surface area contributed by atoms with Crippen LogP contribution in [0.4, 0.5) is 0 Å². The number of carboxylic acids is 2. The summed E-state index contributed by atoms with van der Waals surface area (Å²) in [6.45, 7) is 4.39. The molecule has 0 aromatic carbocycles. The van der Waals surface area contributed by atoms with Gasteiger partial charge in [0.05, 0.1) is 0 Å². The van der Waals surface area contributed by atoms with Crippen molar-refractivity contribution in [1.29, 1.82) is 0 Å². The zero-order valence-electron chi connectivity index (χ0n) is 17.6. The van der Waals surface area contributed by atoms with Gasteiger partial charge in [-0.15, -0.1) is 0 Å². The molecule has 0 radical (unpaired) electrons. The monoisotopic (exact) mass is 432 g/mol. The maximum atomic E-state index is 10.1. The summed E-state index contributed by atoms with van der Waals surface area (Å²) in [4.78, 5) is 20.3. The van der Waals surface area contributed by atoms with Crippen LogP contribution in [0.3, 0.4) is 0 Å². The molecule has 0 aliphatic carbocycles. The molecular formula is C22H40O4Zn. The van der Waals surface area contributed by atoms with E-state index in [0.29, 0.717) is 12.8 Å². The van der Waals surface area contributed by atoms with E-state index in [-0.39, 0.29) is 32.3 Å². The molecule has 0 saturated carbocycles. The van der Waals surface area contributed by atoms with Crippen LogP contribution in [0.5, 0.6) is 0 Å². The molecular weight excluding hydrogens is 394 g/mol. The third-order valence-electron chi connectivity index (χ3n) is 3.83. The Morgan fingerprint density at radius 2 is 0.926 bits per heavy atom. The van der Waals surface area contributed by atoms with Gasteiger partial charge in [-0.3, -0.25) is 9.59 Å². The second-order valence-corrected chi connectivity index (χ2v) is 6.51. The summed E-state index contributed by atoms with van der Waals surface area (Å²) in [5, 5.41) is 16.7. The molecule has 0 bridgehead atoms. The summed E-state index contributed by atoms with van der Waals surface area (Å²) < 4.78 is 0. The molecule has 0 heterocycles. The Kier molecular flexibility index (Phi) is 31.1. The van der Waals surface area contributed by atoms with Crippen molar-refractivity contribution in [1.82, 2.24) is 0 Å². The molecule has 4 nitrogen and oxygen atoms in total. The number of carbonyl (C=O) groups is 2. The van der Waals surface area contributed by atoms with Gasteiger partial charge < -0.3 is 10.2 Å². The Labute approximate surface area is 179 Å². The summed E-state index contributed by atoms with van der Waals surface area (Å²) in [5.41, 5.74) is 0. The van der Waals surface area contributed by atoms with E-state index < -0.39 is 11.9 Å². The number of allylic oxidation sites excluding steroid dienone is 4. The second-order valence-electron chi connectivity index (χ2n) is 6.51. The van der Waals surface area contributed by atoms with Crippen molar-refractivity contribution in [3.8, 4) is 0 Å². The molecule has 0 rings (SSSR count). The van der Waals surface area contributed by atoms with Crippen molar-refractivity contribution in [3.05, 3.63) is 24.3 Å². The first-order chi connectivity index (χ1) is 12.5. The number of aliphatic carboxylic acids is 2. The van der Waals surface area contributed by atoms with Gasteiger partial charge in [0.2, 0.25) is 0 Å². The van der Waals surface area contributed by atoms with Gasteiger partial charge in [0.1, 0.15) is 0 Å². The summed E-state index contributed by atoms with van der Waals surface area (Å²) in [5.74, 6) is -1.42. The van der Waals surface area contributed by atoms with Crippen molar-refractivity contribution in [2.45, 2.75) is 104 Å². The van der Waals surface area contributed by atoms with Crippen LogP contribution < -0.4 is 0 Å². The predicted molar refractivity (Wildman–Crippen MR) is 110 cm³/mol. The fourth-order valence-corrected chi connectivity index (χ4v) is 2.26. The smallest absolute Gasteiger partial charge is 0.303 e. The fraction of sp³-hybridized carbons (Fsp3) is 0.727. The van der Waals surface area contributed by atoms with E-state index in [2.05, 4.69) is 26.0 Å². The molecule has 2 N–H and O–H groups in total. The fourth-order valence-electron chi connectivity index (χ4n) is 2.26. The molecule has 0 amide bonds. The molecule has 0 aromatic rings. The maximum Gasteiger partial charge on any atom is 0.303 e. The summed E-state index contributed by atoms with van der Waals surface area (Å²) in [7, 11) is 0. The van der Waals surface area contributed by atoms with Gasteiger partial charge in [0.15, 0.2) is 0 Å². The van der Waals surface area contributed by atoms with Crippen molar-refractivity contribution in [2.24, 2.45) is 0 Å². The van der Waals surface area contributed by atoms with Crippen molar-refractivity contribution in [3.63, 3.8) is 0 Å². The Bertz CT molecular complexity index is 343. The molecule has 0 saturated heterocycles. The first-order valence-electron chi connectivity index (χ1n) is 10.3. The number of hydrogen-bond acceptors (Lipinski definition) is 2. The van der Waals surface area contributed by atoms with Crippen LogP contribution in [-0.4, -0.2) is 22.2 Å². The van der Waals surface area contributed by atoms with Gasteiger partial charge in [-0.25, -0.2) is 0 Å². The van der Waals surface area contributed by atoms with Gasteiger partial charge in [-0.05, 0) is 38.5 Å². The number of rotatable bonds is 16. The summed E-state index contributed by atoms with van der Waals surface area (Å²) in [6.07, 6.45) is 22.4. The van der Waals surface area contributed by atoms with Crippen molar-refractivity contribution in [2.75, 3.05) is 0 Å². The van der Waals surface area contributed by atoms with E-state index in [1.54, 1.807) is 0 Å². The SMILES string of the molecule is CCCCCCC=CCCC(=O)O.CCCCCCC=CCCC(=O)O.[Zn]. The topological polar surface area (TPSA) is 74.6 Å². The molecule has 0 spiro atoms. The first kappa shape index (κ1) is 30.8. The van der Waals surface area contributed by atoms with Crippen LogP contribution in [-0.2, 0) is 29.1 Å². The van der Waals surface area contributed by atoms with Gasteiger partial charge in [0, 0.05) is 32.3 Å². The summed E-state index contributed by atoms with van der Waals surface area (Å²) >= 11 is 0. The Hall–Kier alpha value is -0.957. The standard InChI is InChI=1S/2C11H20O2.Zn/c2*1-2-3-4-5-6-7-8-9-10-11(12)13;/h2*7-8H,2-6,9-10H2,1H3,(H,12,13);. The molecule has 0 fully saturated rings. The Morgan fingerprint density at radius 1 is 0.593 bits per heavy atom. The van der Waals surface area contributed by atoms with Crippen molar-refractivity contribution < 1.29 is 39.3 Å². The number of hydrogen-bond donors (Lipinski definition) is 2. The normalized spacial score (nSPS) is 10.4. The average molecular weight is 434 g/mol. The van der Waals surface area contributed by atoms with E-state index in [1.165, 1.54) is 51.4 Å². The molecule has 27 heavy (non-hydrogen) atoms. The third kappa shape index (κ3) is 36.7. The zero-order valence-corrected chi connectivity index (χ0v) is 20.6. The molecule has 154 valence electrons. The molecule has 0 aromatic heterocycles. The molecule has 5 heteroatoms. The predicted octanol–water partition coefficient (Wildman–Crippen LogP) is 6.75.